The molecule has 1 saturated heterocycles. The molecular weight excluding hydrogens is 142 g/mol. The number of hydrogen-bond donors (Lipinski definition) is 1. The fourth-order valence-electron chi connectivity index (χ4n) is 1.31. The summed E-state index contributed by atoms with van der Waals surface area (Å²) >= 11 is 0. The molecule has 62 valence electrons. The Morgan fingerprint density at radius 2 is 2.55 bits per heavy atom. The Balaban J connectivity index is 2.55. The fraction of sp³-hybridized carbons (Fsp3) is 0.625. The summed E-state index contributed by atoms with van der Waals surface area (Å²) in [5.74, 6) is 0.151. The lowest BCUT2D eigenvalue weighted by Gasteiger charge is -2.12. The van der Waals surface area contributed by atoms with Crippen molar-refractivity contribution in [1.82, 2.24) is 0 Å². The van der Waals surface area contributed by atoms with Gasteiger partial charge in [-0.3, -0.25) is 4.79 Å². The first kappa shape index (κ1) is 8.43. The Bertz CT molecular complexity index is 167. The molecule has 0 unspecified atom stereocenters. The van der Waals surface area contributed by atoms with Crippen LogP contribution in [0.3, 0.4) is 0 Å². The first-order chi connectivity index (χ1) is 5.29. The van der Waals surface area contributed by atoms with E-state index in [-0.39, 0.29) is 17.8 Å². The van der Waals surface area contributed by atoms with Gasteiger partial charge < -0.3 is 10.5 Å². The molecule has 2 N–H and O–H groups in total. The lowest BCUT2D eigenvalue weighted by Crippen LogP contribution is -2.30. The zero-order valence-electron chi connectivity index (χ0n) is 6.45. The van der Waals surface area contributed by atoms with E-state index in [0.717, 1.165) is 6.42 Å². The van der Waals surface area contributed by atoms with Gasteiger partial charge in [-0.1, -0.05) is 6.58 Å². The van der Waals surface area contributed by atoms with E-state index in [0.29, 0.717) is 13.2 Å². The van der Waals surface area contributed by atoms with Crippen LogP contribution in [0.1, 0.15) is 6.42 Å². The topological polar surface area (TPSA) is 52.3 Å². The summed E-state index contributed by atoms with van der Waals surface area (Å²) in [6, 6.07) is 0. The fourth-order valence-corrected chi connectivity index (χ4v) is 1.31. The molecule has 0 bridgehead atoms. The normalized spacial score (nSPS) is 30.3. The predicted molar refractivity (Wildman–Crippen MR) is 42.1 cm³/mol. The van der Waals surface area contributed by atoms with Crippen LogP contribution in [-0.4, -0.2) is 25.0 Å². The van der Waals surface area contributed by atoms with Crippen molar-refractivity contribution in [3.05, 3.63) is 12.7 Å². The number of carbonyl (C=O) groups is 1. The van der Waals surface area contributed by atoms with Crippen LogP contribution in [0.5, 0.6) is 0 Å². The summed E-state index contributed by atoms with van der Waals surface area (Å²) in [6.45, 7) is 4.57. The molecule has 0 amide bonds. The van der Waals surface area contributed by atoms with Crippen molar-refractivity contribution < 1.29 is 9.53 Å². The van der Waals surface area contributed by atoms with Crippen molar-refractivity contribution in [3.63, 3.8) is 0 Å². The number of hydrogen-bond acceptors (Lipinski definition) is 3. The van der Waals surface area contributed by atoms with Gasteiger partial charge in [-0.15, -0.1) is 0 Å². The van der Waals surface area contributed by atoms with Gasteiger partial charge in [0.05, 0.1) is 0 Å². The van der Waals surface area contributed by atoms with Gasteiger partial charge in [0.25, 0.3) is 0 Å². The van der Waals surface area contributed by atoms with Crippen LogP contribution < -0.4 is 5.73 Å². The van der Waals surface area contributed by atoms with Crippen molar-refractivity contribution in [2.24, 2.45) is 11.7 Å². The first-order valence-corrected chi connectivity index (χ1v) is 3.77. The Morgan fingerprint density at radius 1 is 1.82 bits per heavy atom. The molecule has 0 radical (unpaired) electrons. The van der Waals surface area contributed by atoms with Gasteiger partial charge in [0, 0.05) is 12.5 Å². The number of carbonyl (C=O) groups excluding carboxylic acids is 1. The van der Waals surface area contributed by atoms with E-state index in [2.05, 4.69) is 6.58 Å². The molecule has 0 aromatic rings. The van der Waals surface area contributed by atoms with Crippen LogP contribution in [0.25, 0.3) is 0 Å². The average Bonchev–Trinajstić information content (AvgIpc) is 2.50. The molecular formula is C8H13NO2. The van der Waals surface area contributed by atoms with Gasteiger partial charge in [0.2, 0.25) is 0 Å². The van der Waals surface area contributed by atoms with E-state index in [1.165, 1.54) is 6.08 Å². The summed E-state index contributed by atoms with van der Waals surface area (Å²) < 4.78 is 5.21. The predicted octanol–water partition coefficient (Wildman–Crippen LogP) is 0.105. The summed E-state index contributed by atoms with van der Waals surface area (Å²) in [7, 11) is 0. The second kappa shape index (κ2) is 3.64. The van der Waals surface area contributed by atoms with Crippen LogP contribution in [0.2, 0.25) is 0 Å². The number of ether oxygens (including phenoxy) is 1. The van der Waals surface area contributed by atoms with Crippen molar-refractivity contribution >= 4 is 5.78 Å². The van der Waals surface area contributed by atoms with E-state index < -0.39 is 0 Å². The monoisotopic (exact) mass is 155 g/mol. The highest BCUT2D eigenvalue weighted by Gasteiger charge is 2.31. The minimum Gasteiger partial charge on any atom is -0.370 e. The molecule has 3 nitrogen and oxygen atoms in total. The molecule has 1 heterocycles. The third-order valence-electron chi connectivity index (χ3n) is 2.00. The van der Waals surface area contributed by atoms with Crippen LogP contribution in [0.4, 0.5) is 0 Å². The average molecular weight is 155 g/mol. The summed E-state index contributed by atoms with van der Waals surface area (Å²) in [6.07, 6.45) is 1.87. The van der Waals surface area contributed by atoms with Gasteiger partial charge in [-0.25, -0.2) is 0 Å². The standard InChI is InChI=1S/C8H13NO2/c1-2-7(10)8-6(5-9)3-4-11-8/h2,6,8H,1,3-5,9H2/t6-,8-/m0/s1. The van der Waals surface area contributed by atoms with Gasteiger partial charge >= 0.3 is 0 Å². The van der Waals surface area contributed by atoms with Crippen LogP contribution in [0, 0.1) is 5.92 Å². The third-order valence-corrected chi connectivity index (χ3v) is 2.00. The van der Waals surface area contributed by atoms with E-state index in [9.17, 15) is 4.79 Å². The van der Waals surface area contributed by atoms with Gasteiger partial charge in [-0.2, -0.15) is 0 Å². The number of rotatable bonds is 3. The smallest absolute Gasteiger partial charge is 0.184 e. The minimum atomic E-state index is -0.322. The molecule has 1 aliphatic heterocycles. The molecule has 0 aromatic heterocycles. The molecule has 1 aliphatic rings. The van der Waals surface area contributed by atoms with E-state index in [4.69, 9.17) is 10.5 Å². The second-order valence-electron chi connectivity index (χ2n) is 2.68. The SMILES string of the molecule is C=CC(=O)[C@H]1OCC[C@H]1CN. The maximum atomic E-state index is 11.1. The van der Waals surface area contributed by atoms with Crippen LogP contribution >= 0.6 is 0 Å². The zero-order valence-corrected chi connectivity index (χ0v) is 6.45. The largest absolute Gasteiger partial charge is 0.370 e. The van der Waals surface area contributed by atoms with Crippen LogP contribution in [0.15, 0.2) is 12.7 Å². The molecule has 2 atom stereocenters. The van der Waals surface area contributed by atoms with Crippen LogP contribution in [-0.2, 0) is 9.53 Å². The van der Waals surface area contributed by atoms with Crippen molar-refractivity contribution in [1.29, 1.82) is 0 Å². The molecule has 11 heavy (non-hydrogen) atoms. The van der Waals surface area contributed by atoms with E-state index in [1.54, 1.807) is 0 Å². The summed E-state index contributed by atoms with van der Waals surface area (Å²) in [4.78, 5) is 11.1. The summed E-state index contributed by atoms with van der Waals surface area (Å²) in [5.41, 5.74) is 5.45. The highest BCUT2D eigenvalue weighted by atomic mass is 16.5. The van der Waals surface area contributed by atoms with Crippen molar-refractivity contribution in [2.75, 3.05) is 13.2 Å². The molecule has 1 rings (SSSR count). The Labute approximate surface area is 66.2 Å². The Kier molecular flexibility index (Phi) is 2.79. The highest BCUT2D eigenvalue weighted by molar-refractivity contribution is 5.93. The minimum absolute atomic E-state index is 0.0436. The van der Waals surface area contributed by atoms with Gasteiger partial charge in [0.15, 0.2) is 5.78 Å². The summed E-state index contributed by atoms with van der Waals surface area (Å²) in [5, 5.41) is 0. The van der Waals surface area contributed by atoms with E-state index in [1.807, 2.05) is 0 Å². The lowest BCUT2D eigenvalue weighted by atomic mass is 9.99. The van der Waals surface area contributed by atoms with E-state index >= 15 is 0 Å². The first-order valence-electron chi connectivity index (χ1n) is 3.77. The van der Waals surface area contributed by atoms with Crippen molar-refractivity contribution in [2.45, 2.75) is 12.5 Å². The van der Waals surface area contributed by atoms with Gasteiger partial charge in [-0.05, 0) is 19.0 Å². The quantitative estimate of drug-likeness (QED) is 0.588. The molecule has 0 aromatic carbocycles. The zero-order chi connectivity index (χ0) is 8.27. The maximum Gasteiger partial charge on any atom is 0.184 e. The molecule has 0 spiro atoms. The third kappa shape index (κ3) is 1.67. The van der Waals surface area contributed by atoms with Gasteiger partial charge in [0.1, 0.15) is 6.10 Å². The molecule has 0 aliphatic carbocycles. The molecule has 1 fully saturated rings. The number of nitrogens with two attached hydrogens (primary N) is 1. The molecule has 0 saturated carbocycles. The Hall–Kier alpha value is -0.670. The second-order valence-corrected chi connectivity index (χ2v) is 2.68. The molecule has 3 heteroatoms. The highest BCUT2D eigenvalue weighted by Crippen LogP contribution is 2.20. The lowest BCUT2D eigenvalue weighted by molar-refractivity contribution is -0.124. The van der Waals surface area contributed by atoms with Crippen molar-refractivity contribution in [3.8, 4) is 0 Å². The number of ketones is 1. The Morgan fingerprint density at radius 3 is 3.09 bits per heavy atom. The maximum absolute atomic E-state index is 11.1.